The fourth-order valence-corrected chi connectivity index (χ4v) is 4.47. The van der Waals surface area contributed by atoms with E-state index in [1.807, 2.05) is 12.1 Å². The molecule has 1 heterocycles. The molecule has 3 N–H and O–H groups in total. The standard InChI is InChI=1S/C29H27N3/c1-20-27-8-3-6-24-7-4-9-28(29(24)27)21(2)32(20)19-5-18-31-26-16-12-23(13-17-26)22-10-14-25(30)15-11-22/h3-4,6-17,31H,1-2,5,18-19,30H2. The number of nitrogen functional groups attached to an aromatic ring is 1. The average molecular weight is 418 g/mol. The van der Waals surface area contributed by atoms with Crippen molar-refractivity contribution in [3.05, 3.63) is 109 Å². The van der Waals surface area contributed by atoms with Crippen LogP contribution in [0.25, 0.3) is 33.3 Å². The van der Waals surface area contributed by atoms with Crippen LogP contribution in [0.3, 0.4) is 0 Å². The summed E-state index contributed by atoms with van der Waals surface area (Å²) in [6.45, 7) is 10.5. The summed E-state index contributed by atoms with van der Waals surface area (Å²) in [5, 5.41) is 6.04. The van der Waals surface area contributed by atoms with Crippen molar-refractivity contribution in [1.82, 2.24) is 4.90 Å². The number of nitrogens with two attached hydrogens (primary N) is 1. The molecule has 0 radical (unpaired) electrons. The summed E-state index contributed by atoms with van der Waals surface area (Å²) in [5.74, 6) is 0. The van der Waals surface area contributed by atoms with Gasteiger partial charge in [-0.1, -0.05) is 73.8 Å². The van der Waals surface area contributed by atoms with E-state index < -0.39 is 0 Å². The van der Waals surface area contributed by atoms with Crippen LogP contribution in [0.5, 0.6) is 0 Å². The van der Waals surface area contributed by atoms with Crippen LogP contribution in [0.1, 0.15) is 17.5 Å². The van der Waals surface area contributed by atoms with Crippen molar-refractivity contribution in [3.8, 4) is 11.1 Å². The minimum absolute atomic E-state index is 0.784. The van der Waals surface area contributed by atoms with Crippen LogP contribution in [0.15, 0.2) is 98.1 Å². The molecule has 1 aliphatic rings. The van der Waals surface area contributed by atoms with E-state index in [2.05, 4.69) is 96.2 Å². The van der Waals surface area contributed by atoms with Crippen molar-refractivity contribution < 1.29 is 0 Å². The molecule has 3 nitrogen and oxygen atoms in total. The van der Waals surface area contributed by atoms with Gasteiger partial charge in [0.15, 0.2) is 0 Å². The zero-order valence-corrected chi connectivity index (χ0v) is 18.1. The Bertz CT molecular complexity index is 1250. The van der Waals surface area contributed by atoms with Crippen LogP contribution >= 0.6 is 0 Å². The molecule has 3 heteroatoms. The molecule has 5 rings (SSSR count). The number of rotatable bonds is 6. The van der Waals surface area contributed by atoms with E-state index in [1.165, 1.54) is 33.0 Å². The molecule has 4 aromatic rings. The predicted octanol–water partition coefficient (Wildman–Crippen LogP) is 6.85. The highest BCUT2D eigenvalue weighted by molar-refractivity contribution is 6.05. The van der Waals surface area contributed by atoms with Crippen molar-refractivity contribution in [2.24, 2.45) is 0 Å². The van der Waals surface area contributed by atoms with Gasteiger partial charge in [0.1, 0.15) is 0 Å². The van der Waals surface area contributed by atoms with Gasteiger partial charge in [-0.3, -0.25) is 0 Å². The highest BCUT2D eigenvalue weighted by atomic mass is 15.2. The zero-order valence-electron chi connectivity index (χ0n) is 18.1. The summed E-state index contributed by atoms with van der Waals surface area (Å²) < 4.78 is 0. The van der Waals surface area contributed by atoms with Crippen LogP contribution in [0.4, 0.5) is 11.4 Å². The number of benzene rings is 4. The summed E-state index contributed by atoms with van der Waals surface area (Å²) in [6.07, 6.45) is 0.982. The Morgan fingerprint density at radius 3 is 1.88 bits per heavy atom. The van der Waals surface area contributed by atoms with Gasteiger partial charge in [0, 0.05) is 52.4 Å². The van der Waals surface area contributed by atoms with E-state index in [1.54, 1.807) is 0 Å². The minimum Gasteiger partial charge on any atom is -0.399 e. The number of nitrogens with one attached hydrogen (secondary N) is 1. The van der Waals surface area contributed by atoms with Crippen LogP contribution < -0.4 is 11.1 Å². The molecule has 0 aromatic heterocycles. The molecule has 0 saturated heterocycles. The Morgan fingerprint density at radius 2 is 1.28 bits per heavy atom. The van der Waals surface area contributed by atoms with Crippen LogP contribution in [0, 0.1) is 0 Å². The van der Waals surface area contributed by atoms with Crippen LogP contribution in [-0.2, 0) is 0 Å². The lowest BCUT2D eigenvalue weighted by Gasteiger charge is -2.34. The van der Waals surface area contributed by atoms with Gasteiger partial charge in [-0.05, 0) is 47.2 Å². The molecule has 0 unspecified atom stereocenters. The van der Waals surface area contributed by atoms with E-state index in [4.69, 9.17) is 5.73 Å². The highest BCUT2D eigenvalue weighted by Gasteiger charge is 2.23. The minimum atomic E-state index is 0.784. The first kappa shape index (κ1) is 20.0. The SMILES string of the molecule is C=C1c2cccc3cccc(c23)C(=C)N1CCCNc1ccc(-c2ccc(N)cc2)cc1. The predicted molar refractivity (Wildman–Crippen MR) is 138 cm³/mol. The fourth-order valence-electron chi connectivity index (χ4n) is 4.47. The zero-order chi connectivity index (χ0) is 22.1. The first-order chi connectivity index (χ1) is 15.6. The second kappa shape index (κ2) is 8.27. The van der Waals surface area contributed by atoms with Crippen molar-refractivity contribution in [2.75, 3.05) is 24.1 Å². The molecule has 0 saturated carbocycles. The third-order valence-corrected chi connectivity index (χ3v) is 6.19. The molecule has 0 atom stereocenters. The van der Waals surface area contributed by atoms with Gasteiger partial charge >= 0.3 is 0 Å². The largest absolute Gasteiger partial charge is 0.399 e. The van der Waals surface area contributed by atoms with E-state index >= 15 is 0 Å². The molecular weight excluding hydrogens is 390 g/mol. The maximum atomic E-state index is 5.79. The Hall–Kier alpha value is -3.98. The number of nitrogens with zero attached hydrogens (tertiary/aromatic N) is 1. The summed E-state index contributed by atoms with van der Waals surface area (Å²) in [7, 11) is 0. The quantitative estimate of drug-likeness (QED) is 0.266. The summed E-state index contributed by atoms with van der Waals surface area (Å²) >= 11 is 0. The van der Waals surface area contributed by atoms with Gasteiger partial charge in [0.2, 0.25) is 0 Å². The van der Waals surface area contributed by atoms with Crippen LogP contribution in [-0.4, -0.2) is 18.0 Å². The van der Waals surface area contributed by atoms with Crippen molar-refractivity contribution in [3.63, 3.8) is 0 Å². The van der Waals surface area contributed by atoms with Gasteiger partial charge in [-0.2, -0.15) is 0 Å². The number of hydrogen-bond donors (Lipinski definition) is 2. The molecular formula is C29H27N3. The first-order valence-electron chi connectivity index (χ1n) is 11.0. The highest BCUT2D eigenvalue weighted by Crippen LogP contribution is 2.40. The molecule has 0 aliphatic carbocycles. The monoisotopic (exact) mass is 417 g/mol. The van der Waals surface area contributed by atoms with Crippen molar-refractivity contribution in [1.29, 1.82) is 0 Å². The normalized spacial score (nSPS) is 12.9. The summed E-state index contributed by atoms with van der Waals surface area (Å²) in [6, 6.07) is 29.3. The van der Waals surface area contributed by atoms with E-state index in [9.17, 15) is 0 Å². The maximum absolute atomic E-state index is 5.79. The molecule has 0 amide bonds. The fraction of sp³-hybridized carbons (Fsp3) is 0.103. The average Bonchev–Trinajstić information content (AvgIpc) is 2.83. The molecule has 0 bridgehead atoms. The van der Waals surface area contributed by atoms with E-state index in [-0.39, 0.29) is 0 Å². The molecule has 158 valence electrons. The Balaban J connectivity index is 1.21. The third kappa shape index (κ3) is 3.63. The van der Waals surface area contributed by atoms with Gasteiger partial charge in [-0.15, -0.1) is 0 Å². The molecule has 0 fully saturated rings. The maximum Gasteiger partial charge on any atom is 0.0417 e. The lowest BCUT2D eigenvalue weighted by Crippen LogP contribution is -2.25. The Kier molecular flexibility index (Phi) is 5.16. The third-order valence-electron chi connectivity index (χ3n) is 6.19. The summed E-state index contributed by atoms with van der Waals surface area (Å²) in [4.78, 5) is 2.25. The van der Waals surface area contributed by atoms with E-state index in [0.717, 1.165) is 42.3 Å². The van der Waals surface area contributed by atoms with Gasteiger partial charge < -0.3 is 16.0 Å². The Morgan fingerprint density at radius 1 is 0.719 bits per heavy atom. The first-order valence-corrected chi connectivity index (χ1v) is 11.0. The van der Waals surface area contributed by atoms with E-state index in [0.29, 0.717) is 0 Å². The molecule has 1 aliphatic heterocycles. The Labute approximate surface area is 189 Å². The lowest BCUT2D eigenvalue weighted by atomic mass is 9.91. The summed E-state index contributed by atoms with van der Waals surface area (Å²) in [5.41, 5.74) is 14.5. The number of hydrogen-bond acceptors (Lipinski definition) is 3. The van der Waals surface area contributed by atoms with Gasteiger partial charge in [0.25, 0.3) is 0 Å². The lowest BCUT2D eigenvalue weighted by molar-refractivity contribution is 0.540. The van der Waals surface area contributed by atoms with Gasteiger partial charge in [-0.25, -0.2) is 0 Å². The topological polar surface area (TPSA) is 41.3 Å². The van der Waals surface area contributed by atoms with Crippen molar-refractivity contribution >= 4 is 33.5 Å². The van der Waals surface area contributed by atoms with Gasteiger partial charge in [0.05, 0.1) is 0 Å². The molecule has 0 spiro atoms. The van der Waals surface area contributed by atoms with Crippen LogP contribution in [0.2, 0.25) is 0 Å². The van der Waals surface area contributed by atoms with Crippen molar-refractivity contribution in [2.45, 2.75) is 6.42 Å². The number of anilines is 2. The second-order valence-corrected chi connectivity index (χ2v) is 8.23. The molecule has 4 aromatic carbocycles. The molecule has 32 heavy (non-hydrogen) atoms. The smallest absolute Gasteiger partial charge is 0.0417 e. The second-order valence-electron chi connectivity index (χ2n) is 8.23.